The predicted octanol–water partition coefficient (Wildman–Crippen LogP) is 3.21. The van der Waals surface area contributed by atoms with E-state index >= 15 is 0 Å². The van der Waals surface area contributed by atoms with E-state index in [1.54, 1.807) is 0 Å². The van der Waals surface area contributed by atoms with Crippen LogP contribution in [0, 0.1) is 0 Å². The maximum absolute atomic E-state index is 10.7. The molecule has 0 fully saturated rings. The number of hydrogen-bond acceptors (Lipinski definition) is 1. The van der Waals surface area contributed by atoms with E-state index in [0.717, 1.165) is 23.7 Å². The van der Waals surface area contributed by atoms with E-state index in [0.29, 0.717) is 0 Å². The molecule has 2 aromatic rings. The fourth-order valence-electron chi connectivity index (χ4n) is 1.78. The summed E-state index contributed by atoms with van der Waals surface area (Å²) < 4.78 is 0. The molecule has 0 atom stereocenters. The molecule has 0 spiro atoms. The monoisotopic (exact) mass is 184 g/mol. The van der Waals surface area contributed by atoms with Crippen LogP contribution < -0.4 is 0 Å². The van der Waals surface area contributed by atoms with Crippen LogP contribution in [0.5, 0.6) is 0 Å². The van der Waals surface area contributed by atoms with Gasteiger partial charge in [0.25, 0.3) is 0 Å². The van der Waals surface area contributed by atoms with Crippen LogP contribution in [0.15, 0.2) is 36.4 Å². The third-order valence-corrected chi connectivity index (χ3v) is 2.49. The van der Waals surface area contributed by atoms with Crippen molar-refractivity contribution >= 4 is 17.1 Å². The average molecular weight is 184 g/mol. The minimum atomic E-state index is 0.764. The fourth-order valence-corrected chi connectivity index (χ4v) is 1.78. The number of carbonyl (C=O) groups excluding carboxylic acids is 1. The van der Waals surface area contributed by atoms with Crippen LogP contribution in [0.2, 0.25) is 0 Å². The Hall–Kier alpha value is -1.63. The molecule has 0 amide bonds. The summed E-state index contributed by atoms with van der Waals surface area (Å²) in [4.78, 5) is 10.7. The summed E-state index contributed by atoms with van der Waals surface area (Å²) in [6.07, 6.45) is 1.87. The van der Waals surface area contributed by atoms with Crippen molar-refractivity contribution in [2.75, 3.05) is 0 Å². The van der Waals surface area contributed by atoms with Crippen molar-refractivity contribution in [1.29, 1.82) is 0 Å². The lowest BCUT2D eigenvalue weighted by atomic mass is 10.00. The third-order valence-electron chi connectivity index (χ3n) is 2.49. The number of rotatable bonds is 2. The first-order valence-corrected chi connectivity index (χ1v) is 4.82. The van der Waals surface area contributed by atoms with Gasteiger partial charge in [0.1, 0.15) is 6.29 Å². The normalized spacial score (nSPS) is 10.4. The van der Waals surface area contributed by atoms with E-state index in [9.17, 15) is 4.79 Å². The number of carbonyl (C=O) groups is 1. The van der Waals surface area contributed by atoms with Gasteiger partial charge >= 0.3 is 0 Å². The van der Waals surface area contributed by atoms with E-state index in [1.165, 1.54) is 10.9 Å². The Morgan fingerprint density at radius 3 is 2.71 bits per heavy atom. The molecule has 0 saturated heterocycles. The molecule has 1 nitrogen and oxygen atoms in total. The molecular formula is C13H12O. The van der Waals surface area contributed by atoms with Crippen LogP contribution in [0.3, 0.4) is 0 Å². The maximum atomic E-state index is 10.7. The molecule has 1 heteroatoms. The van der Waals surface area contributed by atoms with Gasteiger partial charge in [-0.3, -0.25) is 4.79 Å². The average Bonchev–Trinajstić information content (AvgIpc) is 2.27. The molecule has 0 saturated carbocycles. The summed E-state index contributed by atoms with van der Waals surface area (Å²) in [6.45, 7) is 2.11. The van der Waals surface area contributed by atoms with Gasteiger partial charge in [-0.1, -0.05) is 31.2 Å². The SMILES string of the molecule is CCc1cc(C=O)cc2ccccc12. The molecular weight excluding hydrogens is 172 g/mol. The van der Waals surface area contributed by atoms with Crippen LogP contribution in [0.25, 0.3) is 10.8 Å². The largest absolute Gasteiger partial charge is 0.298 e. The molecule has 70 valence electrons. The van der Waals surface area contributed by atoms with Crippen LogP contribution >= 0.6 is 0 Å². The van der Waals surface area contributed by atoms with E-state index in [1.807, 2.05) is 30.3 Å². The van der Waals surface area contributed by atoms with E-state index in [2.05, 4.69) is 13.0 Å². The van der Waals surface area contributed by atoms with Crippen molar-refractivity contribution in [2.45, 2.75) is 13.3 Å². The molecule has 0 aliphatic heterocycles. The van der Waals surface area contributed by atoms with Crippen LogP contribution in [-0.4, -0.2) is 6.29 Å². The van der Waals surface area contributed by atoms with Gasteiger partial charge in [-0.15, -0.1) is 0 Å². The second-order valence-corrected chi connectivity index (χ2v) is 3.37. The van der Waals surface area contributed by atoms with Crippen molar-refractivity contribution in [3.8, 4) is 0 Å². The Kier molecular flexibility index (Phi) is 2.32. The maximum Gasteiger partial charge on any atom is 0.150 e. The molecule has 0 N–H and O–H groups in total. The molecule has 0 heterocycles. The number of fused-ring (bicyclic) bond motifs is 1. The Bertz CT molecular complexity index is 472. The van der Waals surface area contributed by atoms with Gasteiger partial charge in [-0.05, 0) is 34.9 Å². The minimum Gasteiger partial charge on any atom is -0.298 e. The highest BCUT2D eigenvalue weighted by atomic mass is 16.1. The molecule has 0 aliphatic carbocycles. The van der Waals surface area contributed by atoms with Crippen molar-refractivity contribution in [2.24, 2.45) is 0 Å². The van der Waals surface area contributed by atoms with E-state index < -0.39 is 0 Å². The van der Waals surface area contributed by atoms with Crippen LogP contribution in [0.1, 0.15) is 22.8 Å². The highest BCUT2D eigenvalue weighted by Crippen LogP contribution is 2.20. The molecule has 0 unspecified atom stereocenters. The number of aryl methyl sites for hydroxylation is 1. The summed E-state index contributed by atoms with van der Waals surface area (Å²) in [6, 6.07) is 12.1. The highest BCUT2D eigenvalue weighted by Gasteiger charge is 2.01. The van der Waals surface area contributed by atoms with Gasteiger partial charge in [0.05, 0.1) is 0 Å². The van der Waals surface area contributed by atoms with Gasteiger partial charge in [-0.25, -0.2) is 0 Å². The quantitative estimate of drug-likeness (QED) is 0.655. The summed E-state index contributed by atoms with van der Waals surface area (Å²) in [5.41, 5.74) is 2.01. The highest BCUT2D eigenvalue weighted by molar-refractivity contribution is 5.91. The Labute approximate surface area is 83.4 Å². The van der Waals surface area contributed by atoms with Crippen molar-refractivity contribution in [3.63, 3.8) is 0 Å². The second kappa shape index (κ2) is 3.62. The second-order valence-electron chi connectivity index (χ2n) is 3.37. The molecule has 0 radical (unpaired) electrons. The Morgan fingerprint density at radius 1 is 1.21 bits per heavy atom. The molecule has 0 bridgehead atoms. The summed E-state index contributed by atoms with van der Waals surface area (Å²) in [5.74, 6) is 0. The lowest BCUT2D eigenvalue weighted by Crippen LogP contribution is -1.88. The lowest BCUT2D eigenvalue weighted by molar-refractivity contribution is 0.112. The zero-order valence-electron chi connectivity index (χ0n) is 8.16. The Balaban J connectivity index is 2.79. The molecule has 2 aromatic carbocycles. The van der Waals surface area contributed by atoms with Crippen molar-refractivity contribution in [1.82, 2.24) is 0 Å². The molecule has 2 rings (SSSR count). The summed E-state index contributed by atoms with van der Waals surface area (Å²) in [5, 5.41) is 2.40. The standard InChI is InChI=1S/C13H12O/c1-2-11-7-10(9-14)8-12-5-3-4-6-13(11)12/h3-9H,2H2,1H3. The van der Waals surface area contributed by atoms with Crippen LogP contribution in [-0.2, 0) is 6.42 Å². The first-order chi connectivity index (χ1) is 6.85. The lowest BCUT2D eigenvalue weighted by Gasteiger charge is -2.04. The number of benzene rings is 2. The number of aldehydes is 1. The Morgan fingerprint density at radius 2 is 2.00 bits per heavy atom. The predicted molar refractivity (Wildman–Crippen MR) is 58.7 cm³/mol. The molecule has 0 aliphatic rings. The zero-order chi connectivity index (χ0) is 9.97. The zero-order valence-corrected chi connectivity index (χ0v) is 8.16. The van der Waals surface area contributed by atoms with Crippen molar-refractivity contribution in [3.05, 3.63) is 47.5 Å². The van der Waals surface area contributed by atoms with Crippen molar-refractivity contribution < 1.29 is 4.79 Å². The van der Waals surface area contributed by atoms with Gasteiger partial charge in [-0.2, -0.15) is 0 Å². The van der Waals surface area contributed by atoms with E-state index in [-0.39, 0.29) is 0 Å². The summed E-state index contributed by atoms with van der Waals surface area (Å²) >= 11 is 0. The first-order valence-electron chi connectivity index (χ1n) is 4.82. The summed E-state index contributed by atoms with van der Waals surface area (Å²) in [7, 11) is 0. The third kappa shape index (κ3) is 1.41. The van der Waals surface area contributed by atoms with E-state index in [4.69, 9.17) is 0 Å². The molecule has 0 aromatic heterocycles. The van der Waals surface area contributed by atoms with Gasteiger partial charge in [0.15, 0.2) is 0 Å². The topological polar surface area (TPSA) is 17.1 Å². The fraction of sp³-hybridized carbons (Fsp3) is 0.154. The van der Waals surface area contributed by atoms with Gasteiger partial charge in [0, 0.05) is 5.56 Å². The van der Waals surface area contributed by atoms with Crippen LogP contribution in [0.4, 0.5) is 0 Å². The van der Waals surface area contributed by atoms with Gasteiger partial charge in [0.2, 0.25) is 0 Å². The number of hydrogen-bond donors (Lipinski definition) is 0. The van der Waals surface area contributed by atoms with Gasteiger partial charge < -0.3 is 0 Å². The minimum absolute atomic E-state index is 0.764. The first kappa shape index (κ1) is 8.95. The molecule has 14 heavy (non-hydrogen) atoms. The smallest absolute Gasteiger partial charge is 0.150 e.